The third kappa shape index (κ3) is 10.3. The van der Waals surface area contributed by atoms with E-state index in [1.807, 2.05) is 19.2 Å². The largest absolute Gasteiger partial charge is 0.385 e. The first-order chi connectivity index (χ1) is 9.78. The van der Waals surface area contributed by atoms with Gasteiger partial charge in [0.1, 0.15) is 0 Å². The van der Waals surface area contributed by atoms with Gasteiger partial charge in [-0.05, 0) is 37.1 Å². The zero-order valence-corrected chi connectivity index (χ0v) is 13.1. The minimum atomic E-state index is 0.750. The van der Waals surface area contributed by atoms with Crippen LogP contribution in [0.1, 0.15) is 45.6 Å². The molecule has 0 aliphatic rings. The van der Waals surface area contributed by atoms with Crippen LogP contribution in [0.3, 0.4) is 0 Å². The topological polar surface area (TPSA) is 50.9 Å². The van der Waals surface area contributed by atoms with Gasteiger partial charge in [0, 0.05) is 24.6 Å². The molecule has 0 saturated heterocycles. The van der Waals surface area contributed by atoms with E-state index in [9.17, 15) is 0 Å². The molecule has 3 heteroatoms. The maximum Gasteiger partial charge on any atom is 0.0340 e. The van der Waals surface area contributed by atoms with Crippen molar-refractivity contribution >= 4 is 6.08 Å². The number of nitrogens with one attached hydrogen (secondary N) is 1. The van der Waals surface area contributed by atoms with E-state index < -0.39 is 0 Å². The second-order valence-corrected chi connectivity index (χ2v) is 4.38. The van der Waals surface area contributed by atoms with E-state index in [1.165, 1.54) is 18.5 Å². The van der Waals surface area contributed by atoms with Crippen molar-refractivity contribution in [2.45, 2.75) is 40.0 Å². The van der Waals surface area contributed by atoms with Gasteiger partial charge >= 0.3 is 0 Å². The van der Waals surface area contributed by atoms with Gasteiger partial charge in [-0.15, -0.1) is 0 Å². The van der Waals surface area contributed by atoms with E-state index in [4.69, 9.17) is 5.73 Å². The fourth-order valence-corrected chi connectivity index (χ4v) is 1.49. The number of nitrogens with two attached hydrogens (primary N) is 1. The molecule has 0 bridgehead atoms. The van der Waals surface area contributed by atoms with Gasteiger partial charge in [0.2, 0.25) is 0 Å². The second-order valence-electron chi connectivity index (χ2n) is 4.38. The fourth-order valence-electron chi connectivity index (χ4n) is 1.49. The Balaban J connectivity index is 0.00000110. The molecule has 0 spiro atoms. The molecule has 0 aliphatic heterocycles. The quantitative estimate of drug-likeness (QED) is 0.588. The molecular weight excluding hydrogens is 246 g/mol. The molecule has 1 rings (SSSR count). The lowest BCUT2D eigenvalue weighted by Crippen LogP contribution is -2.12. The zero-order chi connectivity index (χ0) is 15.1. The highest BCUT2D eigenvalue weighted by atomic mass is 14.9. The minimum Gasteiger partial charge on any atom is -0.385 e. The summed E-state index contributed by atoms with van der Waals surface area (Å²) in [6.45, 7) is 8.05. The average molecular weight is 275 g/mol. The second kappa shape index (κ2) is 13.8. The third-order valence-corrected chi connectivity index (χ3v) is 2.42. The fraction of sp³-hybridized carbons (Fsp3) is 0.471. The predicted octanol–water partition coefficient (Wildman–Crippen LogP) is 3.74. The summed E-state index contributed by atoms with van der Waals surface area (Å²) in [7, 11) is 0. The van der Waals surface area contributed by atoms with E-state index in [0.29, 0.717) is 0 Å². The molecule has 0 saturated carbocycles. The Morgan fingerprint density at radius 1 is 1.35 bits per heavy atom. The minimum absolute atomic E-state index is 0.750. The van der Waals surface area contributed by atoms with Crippen molar-refractivity contribution in [3.05, 3.63) is 47.9 Å². The first-order valence-corrected chi connectivity index (χ1v) is 7.50. The van der Waals surface area contributed by atoms with Crippen LogP contribution in [0.15, 0.2) is 42.4 Å². The summed E-state index contributed by atoms with van der Waals surface area (Å²) in [4.78, 5) is 4.09. The van der Waals surface area contributed by atoms with Gasteiger partial charge in [-0.25, -0.2) is 0 Å². The summed E-state index contributed by atoms with van der Waals surface area (Å²) in [6.07, 6.45) is 13.6. The van der Waals surface area contributed by atoms with Crippen LogP contribution >= 0.6 is 0 Å². The van der Waals surface area contributed by atoms with Crippen LogP contribution in [-0.4, -0.2) is 18.1 Å². The maximum atomic E-state index is 4.85. The molecule has 0 atom stereocenters. The third-order valence-electron chi connectivity index (χ3n) is 2.42. The summed E-state index contributed by atoms with van der Waals surface area (Å²) in [5.41, 5.74) is 7.18. The number of nitrogens with zero attached hydrogens (tertiary/aromatic N) is 1. The molecule has 1 heterocycles. The van der Waals surface area contributed by atoms with Crippen molar-refractivity contribution in [2.24, 2.45) is 5.73 Å². The zero-order valence-electron chi connectivity index (χ0n) is 13.1. The molecule has 0 amide bonds. The number of pyridine rings is 1. The van der Waals surface area contributed by atoms with Crippen molar-refractivity contribution in [2.75, 3.05) is 13.1 Å². The molecular formula is C17H29N3. The number of hydrogen-bond acceptors (Lipinski definition) is 3. The molecule has 112 valence electrons. The summed E-state index contributed by atoms with van der Waals surface area (Å²) in [5.74, 6) is 0. The summed E-state index contributed by atoms with van der Waals surface area (Å²) in [5, 5.41) is 3.45. The normalized spacial score (nSPS) is 11.1. The Labute approximate surface area is 124 Å². The molecule has 20 heavy (non-hydrogen) atoms. The summed E-state index contributed by atoms with van der Waals surface area (Å²) in [6, 6.07) is 4.01. The highest BCUT2D eigenvalue weighted by Gasteiger charge is 1.91. The van der Waals surface area contributed by atoms with Crippen molar-refractivity contribution < 1.29 is 0 Å². The van der Waals surface area contributed by atoms with Crippen molar-refractivity contribution in [3.63, 3.8) is 0 Å². The molecule has 0 radical (unpaired) electrons. The lowest BCUT2D eigenvalue weighted by molar-refractivity contribution is 0.718. The molecule has 0 aliphatic carbocycles. The van der Waals surface area contributed by atoms with E-state index in [-0.39, 0.29) is 0 Å². The first kappa shape index (κ1) is 18.4. The van der Waals surface area contributed by atoms with Gasteiger partial charge in [0.15, 0.2) is 0 Å². The van der Waals surface area contributed by atoms with E-state index in [1.54, 1.807) is 6.20 Å². The predicted molar refractivity (Wildman–Crippen MR) is 89.3 cm³/mol. The molecule has 3 N–H and O–H groups in total. The van der Waals surface area contributed by atoms with Crippen molar-refractivity contribution in [1.29, 1.82) is 0 Å². The Morgan fingerprint density at radius 2 is 2.10 bits per heavy atom. The molecule has 0 aromatic carbocycles. The number of rotatable bonds is 7. The van der Waals surface area contributed by atoms with Gasteiger partial charge in [0.05, 0.1) is 0 Å². The number of allylic oxidation sites excluding steroid dienone is 2. The molecule has 3 nitrogen and oxygen atoms in total. The summed E-state index contributed by atoms with van der Waals surface area (Å²) >= 11 is 0. The van der Waals surface area contributed by atoms with Gasteiger partial charge < -0.3 is 11.1 Å². The molecule has 0 unspecified atom stereocenters. The Hall–Kier alpha value is -1.61. The molecule has 1 aromatic heterocycles. The number of unbranched alkanes of at least 4 members (excludes halogenated alkanes) is 1. The molecule has 1 aromatic rings. The van der Waals surface area contributed by atoms with Crippen LogP contribution in [0, 0.1) is 0 Å². The first-order valence-electron chi connectivity index (χ1n) is 7.50. The average Bonchev–Trinajstić information content (AvgIpc) is 2.47. The summed E-state index contributed by atoms with van der Waals surface area (Å²) < 4.78 is 0. The van der Waals surface area contributed by atoms with Crippen molar-refractivity contribution in [1.82, 2.24) is 10.3 Å². The lowest BCUT2D eigenvalue weighted by atomic mass is 10.2. The Kier molecular flexibility index (Phi) is 12.7. The highest BCUT2D eigenvalue weighted by Crippen LogP contribution is 2.03. The van der Waals surface area contributed by atoms with Crippen LogP contribution in [0.2, 0.25) is 0 Å². The number of aromatic nitrogens is 1. The Bertz CT molecular complexity index is 369. The van der Waals surface area contributed by atoms with Gasteiger partial charge in [-0.3, -0.25) is 4.98 Å². The highest BCUT2D eigenvalue weighted by molar-refractivity contribution is 5.51. The van der Waals surface area contributed by atoms with E-state index in [0.717, 1.165) is 25.1 Å². The maximum absolute atomic E-state index is 4.85. The van der Waals surface area contributed by atoms with Gasteiger partial charge in [0.25, 0.3) is 0 Å². The van der Waals surface area contributed by atoms with Crippen LogP contribution in [0.4, 0.5) is 0 Å². The van der Waals surface area contributed by atoms with Crippen LogP contribution in [-0.2, 0) is 0 Å². The van der Waals surface area contributed by atoms with Gasteiger partial charge in [-0.1, -0.05) is 45.4 Å². The van der Waals surface area contributed by atoms with Gasteiger partial charge in [-0.2, -0.15) is 0 Å². The van der Waals surface area contributed by atoms with E-state index >= 15 is 0 Å². The molecule has 0 fully saturated rings. The smallest absolute Gasteiger partial charge is 0.0340 e. The van der Waals surface area contributed by atoms with Crippen molar-refractivity contribution in [3.8, 4) is 0 Å². The van der Waals surface area contributed by atoms with Crippen LogP contribution in [0.25, 0.3) is 6.08 Å². The number of hydrogen-bond donors (Lipinski definition) is 2. The monoisotopic (exact) mass is 275 g/mol. The SMILES string of the molecule is CC/C=C(/C=C/c1cccnc1)NCCCC.CCN. The van der Waals surface area contributed by atoms with Crippen LogP contribution < -0.4 is 11.1 Å². The standard InChI is InChI=1S/C15H22N2.C2H7N/c1-3-5-12-17-15(7-4-2)10-9-14-8-6-11-16-13-14;1-2-3/h6-11,13,17H,3-5,12H2,1-2H3;2-3H2,1H3/b10-9+,15-7-;. The van der Waals surface area contributed by atoms with E-state index in [2.05, 4.69) is 48.4 Å². The lowest BCUT2D eigenvalue weighted by Gasteiger charge is -2.06. The van der Waals surface area contributed by atoms with Crippen LogP contribution in [0.5, 0.6) is 0 Å². The Morgan fingerprint density at radius 3 is 2.65 bits per heavy atom.